The van der Waals surface area contributed by atoms with E-state index in [2.05, 4.69) is 10.6 Å². The molecule has 0 aliphatic rings. The summed E-state index contributed by atoms with van der Waals surface area (Å²) >= 11 is 0. The lowest BCUT2D eigenvalue weighted by Crippen LogP contribution is -2.05. The molecule has 0 amide bonds. The molecule has 0 radical (unpaired) electrons. The molecule has 0 aliphatic heterocycles. The zero-order valence-electron chi connectivity index (χ0n) is 10.8. The van der Waals surface area contributed by atoms with Crippen LogP contribution in [0.25, 0.3) is 11.3 Å². The van der Waals surface area contributed by atoms with Gasteiger partial charge in [-0.05, 0) is 36.2 Å². The molecule has 0 bridgehead atoms. The van der Waals surface area contributed by atoms with Crippen molar-refractivity contribution >= 4 is 11.4 Å². The van der Waals surface area contributed by atoms with Crippen LogP contribution in [0.3, 0.4) is 0 Å². The molecule has 4 N–H and O–H groups in total. The molecule has 2 aromatic rings. The molecule has 4 heteroatoms. The van der Waals surface area contributed by atoms with Crippen LogP contribution in [-0.2, 0) is 18.2 Å². The Morgan fingerprint density at radius 2 is 2.06 bits per heavy atom. The first-order valence-electron chi connectivity index (χ1n) is 5.92. The maximum atomic E-state index is 6.07. The molecule has 0 atom stereocenters. The number of ether oxygens (including phenoxy) is 1. The normalized spacial score (nSPS) is 10.8. The topological polar surface area (TPSA) is 66.2 Å². The van der Waals surface area contributed by atoms with Gasteiger partial charge in [0, 0.05) is 43.0 Å². The number of benzene rings is 1. The second-order valence-electron chi connectivity index (χ2n) is 4.38. The third kappa shape index (κ3) is 2.33. The van der Waals surface area contributed by atoms with Crippen LogP contribution in [-0.4, -0.2) is 18.3 Å². The first-order chi connectivity index (χ1) is 8.63. The Labute approximate surface area is 107 Å². The van der Waals surface area contributed by atoms with Gasteiger partial charge in [0.25, 0.3) is 0 Å². The average molecular weight is 245 g/mol. The summed E-state index contributed by atoms with van der Waals surface area (Å²) in [5, 5.41) is 0. The fraction of sp³-hybridized carbons (Fsp3) is 0.286. The van der Waals surface area contributed by atoms with Gasteiger partial charge in [-0.15, -0.1) is 0 Å². The summed E-state index contributed by atoms with van der Waals surface area (Å²) in [6, 6.07) is 7.84. The first kappa shape index (κ1) is 12.5. The fourth-order valence-corrected chi connectivity index (χ4v) is 2.17. The molecule has 4 nitrogen and oxygen atoms in total. The molecule has 1 heterocycles. The van der Waals surface area contributed by atoms with Gasteiger partial charge in [-0.3, -0.25) is 0 Å². The summed E-state index contributed by atoms with van der Waals surface area (Å²) in [6.07, 6.45) is 2.79. The molecule has 1 aromatic carbocycles. The van der Waals surface area contributed by atoms with Gasteiger partial charge in [-0.1, -0.05) is 0 Å². The van der Waals surface area contributed by atoms with Crippen LogP contribution in [0.15, 0.2) is 30.5 Å². The number of hydrogen-bond acceptors (Lipinski definition) is 3. The second-order valence-corrected chi connectivity index (χ2v) is 4.38. The van der Waals surface area contributed by atoms with E-state index in [0.717, 1.165) is 28.9 Å². The van der Waals surface area contributed by atoms with E-state index < -0.39 is 0 Å². The van der Waals surface area contributed by atoms with Crippen LogP contribution in [0.5, 0.6) is 0 Å². The van der Waals surface area contributed by atoms with Crippen molar-refractivity contribution in [3.05, 3.63) is 36.0 Å². The van der Waals surface area contributed by atoms with E-state index in [1.807, 2.05) is 25.4 Å². The largest absolute Gasteiger partial charge is 0.399 e. The van der Waals surface area contributed by atoms with Gasteiger partial charge in [0.15, 0.2) is 0 Å². The van der Waals surface area contributed by atoms with Crippen LogP contribution < -0.4 is 11.5 Å². The predicted octanol–water partition coefficient (Wildman–Crippen LogP) is 2.05. The summed E-state index contributed by atoms with van der Waals surface area (Å²) < 4.78 is 7.20. The van der Waals surface area contributed by atoms with Crippen molar-refractivity contribution < 1.29 is 4.74 Å². The van der Waals surface area contributed by atoms with Gasteiger partial charge in [0.05, 0.1) is 6.61 Å². The number of nitrogens with two attached hydrogens (primary N) is 2. The van der Waals surface area contributed by atoms with E-state index in [4.69, 9.17) is 16.2 Å². The number of aromatic nitrogens is 1. The van der Waals surface area contributed by atoms with Crippen molar-refractivity contribution in [2.75, 3.05) is 25.2 Å². The monoisotopic (exact) mass is 245 g/mol. The summed E-state index contributed by atoms with van der Waals surface area (Å²) in [5.74, 6) is 0. The van der Waals surface area contributed by atoms with Crippen molar-refractivity contribution in [1.82, 2.24) is 4.57 Å². The lowest BCUT2D eigenvalue weighted by molar-refractivity contribution is 0.202. The van der Waals surface area contributed by atoms with Crippen LogP contribution in [0.1, 0.15) is 5.56 Å². The number of nitrogen functional groups attached to an aromatic ring is 2. The summed E-state index contributed by atoms with van der Waals surface area (Å²) in [4.78, 5) is 0. The van der Waals surface area contributed by atoms with Crippen molar-refractivity contribution in [3.8, 4) is 11.3 Å². The van der Waals surface area contributed by atoms with Crippen LogP contribution >= 0.6 is 0 Å². The molecule has 1 aromatic heterocycles. The Hall–Kier alpha value is -1.94. The Balaban J connectivity index is 2.53. The third-order valence-corrected chi connectivity index (χ3v) is 3.08. The molecule has 0 aliphatic carbocycles. The van der Waals surface area contributed by atoms with E-state index in [1.54, 1.807) is 13.2 Å². The SMILES string of the molecule is COCCc1c(N)cc(N)cc1-c1cccn1C. The number of rotatable bonds is 4. The highest BCUT2D eigenvalue weighted by molar-refractivity contribution is 5.76. The quantitative estimate of drug-likeness (QED) is 0.810. The van der Waals surface area contributed by atoms with E-state index >= 15 is 0 Å². The maximum absolute atomic E-state index is 6.07. The van der Waals surface area contributed by atoms with E-state index in [0.29, 0.717) is 12.3 Å². The van der Waals surface area contributed by atoms with E-state index in [9.17, 15) is 0 Å². The molecule has 96 valence electrons. The lowest BCUT2D eigenvalue weighted by atomic mass is 9.99. The minimum atomic E-state index is 0.644. The minimum absolute atomic E-state index is 0.644. The molecule has 2 rings (SSSR count). The van der Waals surface area contributed by atoms with Crippen molar-refractivity contribution in [1.29, 1.82) is 0 Å². The first-order valence-corrected chi connectivity index (χ1v) is 5.92. The number of aryl methyl sites for hydroxylation is 1. The third-order valence-electron chi connectivity index (χ3n) is 3.08. The molecular formula is C14H19N3O. The molecule has 0 saturated heterocycles. The zero-order chi connectivity index (χ0) is 13.1. The van der Waals surface area contributed by atoms with Gasteiger partial charge in [-0.2, -0.15) is 0 Å². The van der Waals surface area contributed by atoms with Gasteiger partial charge in [-0.25, -0.2) is 0 Å². The summed E-state index contributed by atoms with van der Waals surface area (Å²) in [6.45, 7) is 0.644. The number of methoxy groups -OCH3 is 1. The molecule has 0 spiro atoms. The van der Waals surface area contributed by atoms with Gasteiger partial charge in [0.1, 0.15) is 0 Å². The number of anilines is 2. The maximum Gasteiger partial charge on any atom is 0.0503 e. The number of nitrogens with zero attached hydrogens (tertiary/aromatic N) is 1. The lowest BCUT2D eigenvalue weighted by Gasteiger charge is -2.14. The van der Waals surface area contributed by atoms with E-state index in [-0.39, 0.29) is 0 Å². The van der Waals surface area contributed by atoms with Crippen molar-refractivity contribution in [2.45, 2.75) is 6.42 Å². The van der Waals surface area contributed by atoms with Crippen molar-refractivity contribution in [3.63, 3.8) is 0 Å². The fourth-order valence-electron chi connectivity index (χ4n) is 2.17. The van der Waals surface area contributed by atoms with Crippen LogP contribution in [0.4, 0.5) is 11.4 Å². The predicted molar refractivity (Wildman–Crippen MR) is 75.3 cm³/mol. The number of hydrogen-bond donors (Lipinski definition) is 2. The second kappa shape index (κ2) is 5.14. The Morgan fingerprint density at radius 1 is 1.28 bits per heavy atom. The van der Waals surface area contributed by atoms with Gasteiger partial charge < -0.3 is 20.8 Å². The van der Waals surface area contributed by atoms with Gasteiger partial charge in [0.2, 0.25) is 0 Å². The van der Waals surface area contributed by atoms with Gasteiger partial charge >= 0.3 is 0 Å². The van der Waals surface area contributed by atoms with Crippen LogP contribution in [0.2, 0.25) is 0 Å². The molecule has 0 saturated carbocycles. The molecule has 0 unspecified atom stereocenters. The highest BCUT2D eigenvalue weighted by Crippen LogP contribution is 2.31. The molecule has 18 heavy (non-hydrogen) atoms. The molecular weight excluding hydrogens is 226 g/mol. The standard InChI is InChI=1S/C14H19N3O/c1-17-6-3-4-14(17)12-8-10(15)9-13(16)11(12)5-7-18-2/h3-4,6,8-9H,5,7,15-16H2,1-2H3. The molecule has 0 fully saturated rings. The highest BCUT2D eigenvalue weighted by Gasteiger charge is 2.12. The van der Waals surface area contributed by atoms with Crippen LogP contribution in [0, 0.1) is 0 Å². The average Bonchev–Trinajstić information content (AvgIpc) is 2.73. The summed E-state index contributed by atoms with van der Waals surface area (Å²) in [7, 11) is 3.70. The Bertz CT molecular complexity index is 546. The Morgan fingerprint density at radius 3 is 2.67 bits per heavy atom. The highest BCUT2D eigenvalue weighted by atomic mass is 16.5. The minimum Gasteiger partial charge on any atom is -0.399 e. The van der Waals surface area contributed by atoms with E-state index in [1.165, 1.54) is 0 Å². The summed E-state index contributed by atoms with van der Waals surface area (Å²) in [5.41, 5.74) is 16.7. The zero-order valence-corrected chi connectivity index (χ0v) is 10.8. The Kier molecular flexibility index (Phi) is 3.58. The smallest absolute Gasteiger partial charge is 0.0503 e. The van der Waals surface area contributed by atoms with Crippen molar-refractivity contribution in [2.24, 2.45) is 7.05 Å².